The molecule has 0 amide bonds. The fraction of sp³-hybridized carbons (Fsp3) is 0. The molecule has 6 nitrogen and oxygen atoms in total. The lowest BCUT2D eigenvalue weighted by molar-refractivity contribution is 0.600. The van der Waals surface area contributed by atoms with Gasteiger partial charge >= 0.3 is 0 Å². The third-order valence-electron chi connectivity index (χ3n) is 1.57. The van der Waals surface area contributed by atoms with Gasteiger partial charge in [-0.15, -0.1) is 10.2 Å². The first-order valence-electron chi connectivity index (χ1n) is 3.97. The Morgan fingerprint density at radius 2 is 2.19 bits per heavy atom. The van der Waals surface area contributed by atoms with Gasteiger partial charge in [-0.25, -0.2) is 8.42 Å². The van der Waals surface area contributed by atoms with E-state index in [2.05, 4.69) is 35.8 Å². The molecular weight excluding hydrogens is 316 g/mol. The number of rotatable bonds is 3. The molecule has 0 saturated carbocycles. The Morgan fingerprint density at radius 3 is 2.81 bits per heavy atom. The number of nitrogens with zero attached hydrogens (tertiary/aromatic N) is 3. The maximum atomic E-state index is 11.8. The summed E-state index contributed by atoms with van der Waals surface area (Å²) in [6.07, 6.45) is 2.76. The molecule has 0 aliphatic heterocycles. The zero-order valence-corrected chi connectivity index (χ0v) is 10.9. The van der Waals surface area contributed by atoms with Crippen molar-refractivity contribution in [3.8, 4) is 0 Å². The first kappa shape index (κ1) is 11.4. The minimum atomic E-state index is -3.64. The summed E-state index contributed by atoms with van der Waals surface area (Å²) in [5.41, 5.74) is 1.44. The van der Waals surface area contributed by atoms with Crippen molar-refractivity contribution in [3.63, 3.8) is 0 Å². The van der Waals surface area contributed by atoms with Crippen molar-refractivity contribution >= 4 is 42.4 Å². The predicted octanol–water partition coefficient (Wildman–Crippen LogP) is 1.50. The molecule has 0 unspecified atom stereocenters. The smallest absolute Gasteiger partial charge is 0.262 e. The standard InChI is InChI=1S/C7H5BrN4O2S2/c8-5-1-6(3-9-2-5)16(13,14)12-7-11-10-4-15-7/h1-4H,(H,11,12). The summed E-state index contributed by atoms with van der Waals surface area (Å²) >= 11 is 4.26. The lowest BCUT2D eigenvalue weighted by Crippen LogP contribution is -2.13. The molecule has 84 valence electrons. The van der Waals surface area contributed by atoms with Crippen LogP contribution in [-0.2, 0) is 10.0 Å². The van der Waals surface area contributed by atoms with Gasteiger partial charge in [0.2, 0.25) is 5.13 Å². The van der Waals surface area contributed by atoms with Gasteiger partial charge in [-0.3, -0.25) is 9.71 Å². The first-order chi connectivity index (χ1) is 7.58. The first-order valence-corrected chi connectivity index (χ1v) is 7.13. The van der Waals surface area contributed by atoms with Crippen LogP contribution in [-0.4, -0.2) is 23.6 Å². The van der Waals surface area contributed by atoms with Gasteiger partial charge in [0.1, 0.15) is 10.4 Å². The Balaban J connectivity index is 2.33. The normalized spacial score (nSPS) is 11.3. The topological polar surface area (TPSA) is 84.8 Å². The van der Waals surface area contributed by atoms with E-state index in [-0.39, 0.29) is 10.0 Å². The average molecular weight is 321 g/mol. The zero-order chi connectivity index (χ0) is 11.6. The molecule has 16 heavy (non-hydrogen) atoms. The second kappa shape index (κ2) is 4.44. The molecule has 0 aliphatic rings. The highest BCUT2D eigenvalue weighted by atomic mass is 79.9. The number of sulfonamides is 1. The summed E-state index contributed by atoms with van der Waals surface area (Å²) in [6.45, 7) is 0. The lowest BCUT2D eigenvalue weighted by Gasteiger charge is -2.03. The second-order valence-electron chi connectivity index (χ2n) is 2.69. The number of anilines is 1. The quantitative estimate of drug-likeness (QED) is 0.926. The molecule has 2 rings (SSSR count). The van der Waals surface area contributed by atoms with Crippen LogP contribution in [0.3, 0.4) is 0 Å². The largest absolute Gasteiger partial charge is 0.265 e. The van der Waals surface area contributed by atoms with E-state index < -0.39 is 10.0 Å². The van der Waals surface area contributed by atoms with Gasteiger partial charge in [-0.1, -0.05) is 11.3 Å². The van der Waals surface area contributed by atoms with Crippen LogP contribution in [0.25, 0.3) is 0 Å². The van der Waals surface area contributed by atoms with Crippen molar-refractivity contribution in [2.24, 2.45) is 0 Å². The molecule has 0 spiro atoms. The maximum absolute atomic E-state index is 11.8. The summed E-state index contributed by atoms with van der Waals surface area (Å²) in [6, 6.07) is 1.45. The lowest BCUT2D eigenvalue weighted by atomic mass is 10.5. The highest BCUT2D eigenvalue weighted by Gasteiger charge is 2.16. The molecule has 0 aromatic carbocycles. The molecule has 2 aromatic rings. The van der Waals surface area contributed by atoms with Crippen molar-refractivity contribution in [2.45, 2.75) is 4.90 Å². The van der Waals surface area contributed by atoms with Crippen molar-refractivity contribution in [1.29, 1.82) is 0 Å². The SMILES string of the molecule is O=S(=O)(Nc1nncs1)c1cncc(Br)c1. The fourth-order valence-electron chi connectivity index (χ4n) is 0.931. The van der Waals surface area contributed by atoms with Crippen LogP contribution in [0.5, 0.6) is 0 Å². The molecule has 0 saturated heterocycles. The van der Waals surface area contributed by atoms with E-state index in [0.717, 1.165) is 11.3 Å². The van der Waals surface area contributed by atoms with Gasteiger partial charge in [-0.2, -0.15) is 0 Å². The molecule has 2 heterocycles. The van der Waals surface area contributed by atoms with Gasteiger partial charge in [-0.05, 0) is 22.0 Å². The van der Waals surface area contributed by atoms with Gasteiger partial charge in [0, 0.05) is 16.9 Å². The predicted molar refractivity (Wildman–Crippen MR) is 62.7 cm³/mol. The van der Waals surface area contributed by atoms with Crippen LogP contribution >= 0.6 is 27.3 Å². The van der Waals surface area contributed by atoms with E-state index >= 15 is 0 Å². The molecule has 1 N–H and O–H groups in total. The zero-order valence-electron chi connectivity index (χ0n) is 7.66. The van der Waals surface area contributed by atoms with Crippen molar-refractivity contribution in [3.05, 3.63) is 28.4 Å². The maximum Gasteiger partial charge on any atom is 0.265 e. The Labute approximate surface area is 104 Å². The van der Waals surface area contributed by atoms with E-state index in [1.54, 1.807) is 0 Å². The van der Waals surface area contributed by atoms with Crippen molar-refractivity contribution in [1.82, 2.24) is 15.2 Å². The van der Waals surface area contributed by atoms with Gasteiger partial charge in [0.25, 0.3) is 10.0 Å². The summed E-state index contributed by atoms with van der Waals surface area (Å²) < 4.78 is 26.5. The molecule has 2 aromatic heterocycles. The monoisotopic (exact) mass is 320 g/mol. The van der Waals surface area contributed by atoms with Crippen LogP contribution in [0.4, 0.5) is 5.13 Å². The number of halogens is 1. The molecule has 0 fully saturated rings. The Morgan fingerprint density at radius 1 is 1.38 bits per heavy atom. The minimum absolute atomic E-state index is 0.0667. The summed E-state index contributed by atoms with van der Waals surface area (Å²) in [4.78, 5) is 3.85. The molecule has 0 aliphatic carbocycles. The van der Waals surface area contributed by atoms with Crippen LogP contribution < -0.4 is 4.72 Å². The molecule has 9 heteroatoms. The average Bonchev–Trinajstić information content (AvgIpc) is 2.70. The van der Waals surface area contributed by atoms with Crippen molar-refractivity contribution in [2.75, 3.05) is 4.72 Å². The Bertz CT molecular complexity index is 584. The molecule has 0 atom stereocenters. The fourth-order valence-corrected chi connectivity index (χ4v) is 3.13. The number of hydrogen-bond acceptors (Lipinski definition) is 6. The van der Waals surface area contributed by atoms with E-state index in [0.29, 0.717) is 4.47 Å². The second-order valence-corrected chi connectivity index (χ2v) is 6.12. The van der Waals surface area contributed by atoms with Gasteiger partial charge in [0.05, 0.1) is 0 Å². The van der Waals surface area contributed by atoms with E-state index in [9.17, 15) is 8.42 Å². The third-order valence-corrected chi connectivity index (χ3v) is 4.05. The Hall–Kier alpha value is -1.06. The highest BCUT2D eigenvalue weighted by Crippen LogP contribution is 2.18. The van der Waals surface area contributed by atoms with E-state index in [4.69, 9.17) is 0 Å². The van der Waals surface area contributed by atoms with E-state index in [1.807, 2.05) is 0 Å². The summed E-state index contributed by atoms with van der Waals surface area (Å²) in [5.74, 6) is 0. The number of hydrogen-bond donors (Lipinski definition) is 1. The van der Waals surface area contributed by atoms with E-state index in [1.165, 1.54) is 24.0 Å². The van der Waals surface area contributed by atoms with Crippen LogP contribution in [0, 0.1) is 0 Å². The summed E-state index contributed by atoms with van der Waals surface area (Å²) in [7, 11) is -3.64. The van der Waals surface area contributed by atoms with Crippen LogP contribution in [0.2, 0.25) is 0 Å². The van der Waals surface area contributed by atoms with Crippen molar-refractivity contribution < 1.29 is 8.42 Å². The number of pyridine rings is 1. The van der Waals surface area contributed by atoms with Gasteiger partial charge < -0.3 is 0 Å². The number of aromatic nitrogens is 3. The molecule has 0 radical (unpaired) electrons. The minimum Gasteiger partial charge on any atom is -0.262 e. The molecule has 0 bridgehead atoms. The van der Waals surface area contributed by atoms with Crippen LogP contribution in [0.1, 0.15) is 0 Å². The number of nitrogens with one attached hydrogen (secondary N) is 1. The summed E-state index contributed by atoms with van der Waals surface area (Å²) in [5, 5.41) is 7.35. The highest BCUT2D eigenvalue weighted by molar-refractivity contribution is 9.10. The van der Waals surface area contributed by atoms with Gasteiger partial charge in [0.15, 0.2) is 0 Å². The molecular formula is C7H5BrN4O2S2. The van der Waals surface area contributed by atoms with Crippen LogP contribution in [0.15, 0.2) is 33.3 Å². The third kappa shape index (κ3) is 2.54. The Kier molecular flexibility index (Phi) is 3.17.